The molecule has 2 nitrogen and oxygen atoms in total. The van der Waals surface area contributed by atoms with Crippen molar-refractivity contribution in [3.05, 3.63) is 48.3 Å². The van der Waals surface area contributed by atoms with Crippen LogP contribution in [-0.4, -0.2) is 24.7 Å². The summed E-state index contributed by atoms with van der Waals surface area (Å²) < 4.78 is 12.7. The van der Waals surface area contributed by atoms with Crippen molar-refractivity contribution in [1.29, 1.82) is 0 Å². The predicted octanol–water partition coefficient (Wildman–Crippen LogP) is 9.79. The summed E-state index contributed by atoms with van der Waals surface area (Å²) in [6.07, 6.45) is 7.96. The van der Waals surface area contributed by atoms with E-state index in [0.29, 0.717) is 0 Å². The molecule has 1 aliphatic heterocycles. The summed E-state index contributed by atoms with van der Waals surface area (Å²) in [4.78, 5) is 0. The minimum absolute atomic E-state index is 0. The SMILES string of the molecule is CC(C)(C)[C]1[CH][CH][C](C(C)(C)C)[CH]1.C[Si](C)(C)O[C]1[P][P][C]([Si](C)(C)C)[C]1O[Si](C)(C)C.[Fe]. The van der Waals surface area contributed by atoms with E-state index in [2.05, 4.69) is 120 Å². The number of hydrogen-bond acceptors (Lipinski definition) is 2. The van der Waals surface area contributed by atoms with Crippen LogP contribution in [0.2, 0.25) is 58.9 Å². The van der Waals surface area contributed by atoms with Crippen LogP contribution in [0.3, 0.4) is 0 Å². The van der Waals surface area contributed by atoms with E-state index in [4.69, 9.17) is 8.85 Å². The zero-order valence-electron chi connectivity index (χ0n) is 23.8. The third kappa shape index (κ3) is 12.8. The van der Waals surface area contributed by atoms with Crippen molar-refractivity contribution < 1.29 is 25.9 Å². The van der Waals surface area contributed by atoms with E-state index >= 15 is 0 Å². The molecule has 0 amide bonds. The maximum atomic E-state index is 6.40. The minimum Gasteiger partial charge on any atom is -0.405 e. The molecule has 0 bridgehead atoms. The molecule has 0 aromatic rings. The molecule has 0 unspecified atom stereocenters. The molecular weight excluding hydrogens is 534 g/mol. The molecule has 2 rings (SSSR count). The second kappa shape index (κ2) is 12.7. The van der Waals surface area contributed by atoms with E-state index in [1.165, 1.54) is 33.7 Å². The van der Waals surface area contributed by atoms with E-state index in [9.17, 15) is 0 Å². The Balaban J connectivity index is 0.000000642. The Morgan fingerprint density at radius 2 is 1.03 bits per heavy atom. The van der Waals surface area contributed by atoms with Gasteiger partial charge in [-0.2, -0.15) is 0 Å². The van der Waals surface area contributed by atoms with Crippen LogP contribution in [0, 0.1) is 59.2 Å². The summed E-state index contributed by atoms with van der Waals surface area (Å²) in [5.41, 5.74) is 0.562. The molecule has 8 heteroatoms. The van der Waals surface area contributed by atoms with Gasteiger partial charge in [-0.05, 0) is 97.7 Å². The number of rotatable bonds is 5. The molecule has 1 aliphatic carbocycles. The molecule has 0 aromatic heterocycles. The van der Waals surface area contributed by atoms with Gasteiger partial charge in [0.05, 0.1) is 8.07 Å². The van der Waals surface area contributed by atoms with Gasteiger partial charge < -0.3 is 8.85 Å². The predicted molar refractivity (Wildman–Crippen MR) is 154 cm³/mol. The summed E-state index contributed by atoms with van der Waals surface area (Å²) in [7, 11) is -1.81. The standard InChI is InChI=1S/C13H21.C12H27O2P2Si3.Fe/c1-12(2,3)10-7-8-11(9-10)13(4,5)6;1-17(2,3)12-10(13-18(4,5)6)11(15-16-12)14-19(7,8)9;/h7-9H,1-6H3;1-9H3;. The van der Waals surface area contributed by atoms with Crippen molar-refractivity contribution in [2.24, 2.45) is 10.8 Å². The van der Waals surface area contributed by atoms with E-state index < -0.39 is 24.7 Å². The van der Waals surface area contributed by atoms with E-state index in [-0.39, 0.29) is 27.9 Å². The van der Waals surface area contributed by atoms with Gasteiger partial charge in [0.15, 0.2) is 22.5 Å². The molecule has 33 heavy (non-hydrogen) atoms. The Kier molecular flexibility index (Phi) is 13.4. The van der Waals surface area contributed by atoms with Crippen LogP contribution in [0.15, 0.2) is 0 Å². The molecule has 190 valence electrons. The van der Waals surface area contributed by atoms with Crippen LogP contribution in [0.5, 0.6) is 0 Å². The molecule has 0 atom stereocenters. The van der Waals surface area contributed by atoms with Gasteiger partial charge >= 0.3 is 0 Å². The van der Waals surface area contributed by atoms with Crippen molar-refractivity contribution in [2.45, 2.75) is 100 Å². The normalized spacial score (nSPS) is 22.6. The fourth-order valence-corrected chi connectivity index (χ4v) is 13.2. The third-order valence-electron chi connectivity index (χ3n) is 4.66. The topological polar surface area (TPSA) is 18.5 Å². The third-order valence-corrected chi connectivity index (χ3v) is 13.4. The first-order chi connectivity index (χ1) is 14.0. The summed E-state index contributed by atoms with van der Waals surface area (Å²) in [6.45, 7) is 34.2. The largest absolute Gasteiger partial charge is 0.405 e. The average molecular weight is 583 g/mol. The first-order valence-corrected chi connectivity index (χ1v) is 24.5. The minimum atomic E-state index is -1.59. The molecule has 1 heterocycles. The van der Waals surface area contributed by atoms with Gasteiger partial charge in [0.25, 0.3) is 0 Å². The van der Waals surface area contributed by atoms with Gasteiger partial charge in [0.1, 0.15) is 6.10 Å². The van der Waals surface area contributed by atoms with Crippen molar-refractivity contribution in [1.82, 2.24) is 0 Å². The Morgan fingerprint density at radius 1 is 0.636 bits per heavy atom. The van der Waals surface area contributed by atoms with Crippen molar-refractivity contribution in [3.8, 4) is 0 Å². The monoisotopic (exact) mass is 582 g/mol. The molecule has 0 spiro atoms. The molecule has 2 fully saturated rings. The van der Waals surface area contributed by atoms with Crippen LogP contribution in [0.1, 0.15) is 41.5 Å². The second-order valence-corrected chi connectivity index (χ2v) is 30.5. The Morgan fingerprint density at radius 3 is 1.30 bits per heavy atom. The van der Waals surface area contributed by atoms with Gasteiger partial charge in [-0.25, -0.2) is 0 Å². The fourth-order valence-electron chi connectivity index (χ4n) is 2.91. The van der Waals surface area contributed by atoms with Gasteiger partial charge in [0, 0.05) is 22.4 Å². The van der Waals surface area contributed by atoms with E-state index in [1.807, 2.05) is 0 Å². The summed E-state index contributed by atoms with van der Waals surface area (Å²) in [5.74, 6) is 4.00. The van der Waals surface area contributed by atoms with E-state index in [0.717, 1.165) is 11.9 Å². The summed E-state index contributed by atoms with van der Waals surface area (Å²) in [6, 6.07) is 0. The Hall–Kier alpha value is 1.95. The van der Waals surface area contributed by atoms with Gasteiger partial charge in [0.2, 0.25) is 0 Å². The molecule has 1 saturated heterocycles. The van der Waals surface area contributed by atoms with Crippen molar-refractivity contribution in [2.75, 3.05) is 0 Å². The molecule has 10 radical (unpaired) electrons. The van der Waals surface area contributed by atoms with Crippen LogP contribution >= 0.6 is 16.5 Å². The van der Waals surface area contributed by atoms with Crippen molar-refractivity contribution >= 4 is 41.2 Å². The Labute approximate surface area is 225 Å². The maximum absolute atomic E-state index is 6.40. The van der Waals surface area contributed by atoms with Crippen molar-refractivity contribution in [3.63, 3.8) is 0 Å². The van der Waals surface area contributed by atoms with Gasteiger partial charge in [-0.1, -0.05) is 61.2 Å². The Bertz CT molecular complexity index is 567. The first-order valence-electron chi connectivity index (χ1n) is 11.7. The summed E-state index contributed by atoms with van der Waals surface area (Å²) >= 11 is 0. The second-order valence-electron chi connectivity index (χ2n) is 13.8. The molecule has 2 aliphatic rings. The smallest absolute Gasteiger partial charge is 0.185 e. The molecule has 1 saturated carbocycles. The molecular formula is C25H48FeO2P2Si3. The molecule has 0 N–H and O–H groups in total. The van der Waals surface area contributed by atoms with E-state index in [1.54, 1.807) is 0 Å². The van der Waals surface area contributed by atoms with Crippen LogP contribution in [0.25, 0.3) is 0 Å². The van der Waals surface area contributed by atoms with Gasteiger partial charge in [-0.15, -0.1) is 0 Å². The zero-order chi connectivity index (χ0) is 25.3. The maximum Gasteiger partial charge on any atom is 0.185 e. The quantitative estimate of drug-likeness (QED) is 0.237. The average Bonchev–Trinajstić information content (AvgIpc) is 3.11. The number of hydrogen-bond donors (Lipinski definition) is 0. The molecule has 0 aromatic carbocycles. The van der Waals surface area contributed by atoms with Crippen LogP contribution in [0.4, 0.5) is 0 Å². The fraction of sp³-hybridized carbons (Fsp3) is 0.680. The first kappa shape index (κ1) is 35.0. The van der Waals surface area contributed by atoms with Gasteiger partial charge in [-0.3, -0.25) is 0 Å². The van der Waals surface area contributed by atoms with Crippen LogP contribution < -0.4 is 0 Å². The zero-order valence-corrected chi connectivity index (χ0v) is 29.7. The van der Waals surface area contributed by atoms with Crippen LogP contribution in [-0.2, 0) is 25.9 Å². The summed E-state index contributed by atoms with van der Waals surface area (Å²) in [5, 5.41) is 1.53.